The monoisotopic (exact) mass is 326 g/mol. The van der Waals surface area contributed by atoms with E-state index in [1.807, 2.05) is 0 Å². The normalized spacial score (nSPS) is 10.2. The fourth-order valence-electron chi connectivity index (χ4n) is 1.28. The number of carbonyl (C=O) groups is 1. The average Bonchev–Trinajstić information content (AvgIpc) is 2.78. The van der Waals surface area contributed by atoms with E-state index in [1.54, 1.807) is 0 Å². The molecule has 0 radical (unpaired) electrons. The summed E-state index contributed by atoms with van der Waals surface area (Å²) in [7, 11) is 0. The zero-order chi connectivity index (χ0) is 14.0. The van der Waals surface area contributed by atoms with E-state index in [1.165, 1.54) is 18.2 Å². The summed E-state index contributed by atoms with van der Waals surface area (Å²) in [6, 6.07) is 3.96. The summed E-state index contributed by atoms with van der Waals surface area (Å²) < 4.78 is 0.377. The number of H-pyrrole nitrogens is 1. The van der Waals surface area contributed by atoms with Crippen LogP contribution in [0.1, 0.15) is 10.6 Å². The minimum atomic E-state index is -0.557. The number of halogens is 1. The van der Waals surface area contributed by atoms with E-state index in [0.29, 0.717) is 10.2 Å². The molecule has 0 atom stereocenters. The maximum Gasteiger partial charge on any atom is 0.293 e. The molecule has 0 saturated heterocycles. The first-order chi connectivity index (χ1) is 8.97. The Morgan fingerprint density at radius 3 is 2.79 bits per heavy atom. The van der Waals surface area contributed by atoms with Gasteiger partial charge in [0.15, 0.2) is 0 Å². The van der Waals surface area contributed by atoms with Gasteiger partial charge in [-0.3, -0.25) is 20.0 Å². The number of nitrogens with zero attached hydrogens (tertiary/aromatic N) is 3. The zero-order valence-corrected chi connectivity index (χ0v) is 10.8. The largest absolute Gasteiger partial charge is 0.366 e. The van der Waals surface area contributed by atoms with Crippen LogP contribution in [0.25, 0.3) is 0 Å². The van der Waals surface area contributed by atoms with E-state index >= 15 is 0 Å². The summed E-state index contributed by atoms with van der Waals surface area (Å²) in [5.41, 5.74) is 5.55. The molecular formula is C9H7BrN6O3. The Morgan fingerprint density at radius 2 is 2.26 bits per heavy atom. The SMILES string of the molecule is Nc1n[nH]c(C(=O)Nc2ccc([N+](=O)[O-])cc2Br)n1. The minimum absolute atomic E-state index is 0.0482. The molecule has 9 nitrogen and oxygen atoms in total. The molecule has 19 heavy (non-hydrogen) atoms. The van der Waals surface area contributed by atoms with Gasteiger partial charge in [0.25, 0.3) is 11.6 Å². The molecule has 2 rings (SSSR count). The second kappa shape index (κ2) is 5.02. The second-order valence-electron chi connectivity index (χ2n) is 3.42. The second-order valence-corrected chi connectivity index (χ2v) is 4.27. The maximum atomic E-state index is 11.7. The fourth-order valence-corrected chi connectivity index (χ4v) is 1.74. The number of anilines is 2. The quantitative estimate of drug-likeness (QED) is 0.573. The van der Waals surface area contributed by atoms with Gasteiger partial charge in [-0.25, -0.2) is 0 Å². The Labute approximate surface area is 114 Å². The number of aromatic amines is 1. The fraction of sp³-hybridized carbons (Fsp3) is 0. The standard InChI is InChI=1S/C9H7BrN6O3/c10-5-3-4(16(18)19)1-2-6(5)12-8(17)7-13-9(11)15-14-7/h1-3H,(H,12,17)(H3,11,13,14,15). The lowest BCUT2D eigenvalue weighted by Gasteiger charge is -2.05. The lowest BCUT2D eigenvalue weighted by Crippen LogP contribution is -2.14. The van der Waals surface area contributed by atoms with Gasteiger partial charge in [-0.15, -0.1) is 5.10 Å². The molecule has 10 heteroatoms. The molecule has 0 fully saturated rings. The summed E-state index contributed by atoms with van der Waals surface area (Å²) in [5, 5.41) is 19.0. The lowest BCUT2D eigenvalue weighted by molar-refractivity contribution is -0.384. The number of non-ortho nitro benzene ring substituents is 1. The molecular weight excluding hydrogens is 320 g/mol. The smallest absolute Gasteiger partial charge is 0.293 e. The molecule has 0 unspecified atom stereocenters. The van der Waals surface area contributed by atoms with Crippen LogP contribution in [0, 0.1) is 10.1 Å². The molecule has 0 spiro atoms. The lowest BCUT2D eigenvalue weighted by atomic mass is 10.3. The van der Waals surface area contributed by atoms with Crippen LogP contribution in [0.4, 0.5) is 17.3 Å². The molecule has 1 heterocycles. The van der Waals surface area contributed by atoms with Crippen LogP contribution in [-0.4, -0.2) is 26.0 Å². The third-order valence-corrected chi connectivity index (χ3v) is 2.79. The van der Waals surface area contributed by atoms with E-state index in [4.69, 9.17) is 5.73 Å². The molecule has 1 amide bonds. The summed E-state index contributed by atoms with van der Waals surface area (Å²) >= 11 is 3.13. The molecule has 98 valence electrons. The van der Waals surface area contributed by atoms with Crippen molar-refractivity contribution in [2.45, 2.75) is 0 Å². The van der Waals surface area contributed by atoms with Gasteiger partial charge in [0, 0.05) is 16.6 Å². The molecule has 0 aliphatic heterocycles. The highest BCUT2D eigenvalue weighted by Crippen LogP contribution is 2.27. The summed E-state index contributed by atoms with van der Waals surface area (Å²) in [6.07, 6.45) is 0. The predicted octanol–water partition coefficient (Wildman–Crippen LogP) is 1.31. The molecule has 2 aromatic rings. The van der Waals surface area contributed by atoms with E-state index in [-0.39, 0.29) is 17.5 Å². The van der Waals surface area contributed by atoms with Crippen LogP contribution in [0.2, 0.25) is 0 Å². The molecule has 1 aromatic carbocycles. The number of rotatable bonds is 3. The van der Waals surface area contributed by atoms with Crippen LogP contribution in [0.5, 0.6) is 0 Å². The maximum absolute atomic E-state index is 11.7. The van der Waals surface area contributed by atoms with Crippen molar-refractivity contribution >= 4 is 39.2 Å². The van der Waals surface area contributed by atoms with Gasteiger partial charge in [0.2, 0.25) is 11.8 Å². The highest BCUT2D eigenvalue weighted by molar-refractivity contribution is 9.10. The zero-order valence-electron chi connectivity index (χ0n) is 9.25. The first kappa shape index (κ1) is 13.0. The van der Waals surface area contributed by atoms with Crippen LogP contribution < -0.4 is 11.1 Å². The number of aromatic nitrogens is 3. The Bertz CT molecular complexity index is 655. The van der Waals surface area contributed by atoms with Crippen LogP contribution in [0.3, 0.4) is 0 Å². The summed E-state index contributed by atoms with van der Waals surface area (Å²) in [6.45, 7) is 0. The van der Waals surface area contributed by atoms with Crippen molar-refractivity contribution in [3.63, 3.8) is 0 Å². The van der Waals surface area contributed by atoms with Crippen molar-refractivity contribution in [2.75, 3.05) is 11.1 Å². The Kier molecular flexibility index (Phi) is 3.42. The number of nitro groups is 1. The van der Waals surface area contributed by atoms with E-state index < -0.39 is 10.8 Å². The van der Waals surface area contributed by atoms with Crippen molar-refractivity contribution in [3.8, 4) is 0 Å². The van der Waals surface area contributed by atoms with Gasteiger partial charge in [-0.2, -0.15) is 4.98 Å². The third-order valence-electron chi connectivity index (χ3n) is 2.13. The van der Waals surface area contributed by atoms with Gasteiger partial charge in [0.05, 0.1) is 10.6 Å². The highest BCUT2D eigenvalue weighted by atomic mass is 79.9. The molecule has 4 N–H and O–H groups in total. The third kappa shape index (κ3) is 2.85. The number of hydrogen-bond acceptors (Lipinski definition) is 6. The predicted molar refractivity (Wildman–Crippen MR) is 69.5 cm³/mol. The van der Waals surface area contributed by atoms with Crippen molar-refractivity contribution < 1.29 is 9.72 Å². The number of hydrogen-bond donors (Lipinski definition) is 3. The molecule has 1 aromatic heterocycles. The van der Waals surface area contributed by atoms with Crippen LogP contribution >= 0.6 is 15.9 Å². The van der Waals surface area contributed by atoms with Crippen LogP contribution in [-0.2, 0) is 0 Å². The number of benzene rings is 1. The number of nitrogens with two attached hydrogens (primary N) is 1. The number of nitro benzene ring substituents is 1. The van der Waals surface area contributed by atoms with Gasteiger partial charge < -0.3 is 11.1 Å². The number of nitrogens with one attached hydrogen (secondary N) is 2. The first-order valence-corrected chi connectivity index (χ1v) is 5.70. The number of nitrogen functional groups attached to an aromatic ring is 1. The Balaban J connectivity index is 2.20. The minimum Gasteiger partial charge on any atom is -0.366 e. The van der Waals surface area contributed by atoms with Gasteiger partial charge in [0.1, 0.15) is 0 Å². The van der Waals surface area contributed by atoms with E-state index in [9.17, 15) is 14.9 Å². The van der Waals surface area contributed by atoms with Crippen molar-refractivity contribution in [2.24, 2.45) is 0 Å². The topological polar surface area (TPSA) is 140 Å². The molecule has 0 saturated carbocycles. The number of carbonyl (C=O) groups excluding carboxylic acids is 1. The van der Waals surface area contributed by atoms with Crippen LogP contribution in [0.15, 0.2) is 22.7 Å². The first-order valence-electron chi connectivity index (χ1n) is 4.90. The van der Waals surface area contributed by atoms with E-state index in [2.05, 4.69) is 36.4 Å². The van der Waals surface area contributed by atoms with Gasteiger partial charge in [-0.05, 0) is 22.0 Å². The number of amides is 1. The van der Waals surface area contributed by atoms with E-state index in [0.717, 1.165) is 0 Å². The van der Waals surface area contributed by atoms with Crippen molar-refractivity contribution in [1.82, 2.24) is 15.2 Å². The molecule has 0 bridgehead atoms. The van der Waals surface area contributed by atoms with Gasteiger partial charge >= 0.3 is 0 Å². The molecule has 0 aliphatic carbocycles. The van der Waals surface area contributed by atoms with Crippen molar-refractivity contribution in [1.29, 1.82) is 0 Å². The Morgan fingerprint density at radius 1 is 1.53 bits per heavy atom. The summed E-state index contributed by atoms with van der Waals surface area (Å²) in [5.74, 6) is -0.658. The molecule has 0 aliphatic rings. The Hall–Kier alpha value is -2.49. The van der Waals surface area contributed by atoms with Crippen molar-refractivity contribution in [3.05, 3.63) is 38.6 Å². The highest BCUT2D eigenvalue weighted by Gasteiger charge is 2.14. The average molecular weight is 327 g/mol. The summed E-state index contributed by atoms with van der Waals surface area (Å²) in [4.78, 5) is 25.4. The van der Waals surface area contributed by atoms with Gasteiger partial charge in [-0.1, -0.05) is 0 Å².